The zero-order valence-electron chi connectivity index (χ0n) is 8.53. The second kappa shape index (κ2) is 4.90. The Morgan fingerprint density at radius 2 is 2.31 bits per heavy atom. The smallest absolute Gasteiger partial charge is 0.145 e. The van der Waals surface area contributed by atoms with Gasteiger partial charge >= 0.3 is 0 Å². The van der Waals surface area contributed by atoms with E-state index in [1.807, 2.05) is 16.9 Å². The van der Waals surface area contributed by atoms with Gasteiger partial charge < -0.3 is 5.73 Å². The van der Waals surface area contributed by atoms with E-state index >= 15 is 0 Å². The van der Waals surface area contributed by atoms with Crippen LogP contribution in [0.3, 0.4) is 0 Å². The SMILES string of the molecule is CCCCC[C@H](C)n1ccc(N)n1. The van der Waals surface area contributed by atoms with Crippen LogP contribution in [0.25, 0.3) is 0 Å². The molecule has 13 heavy (non-hydrogen) atoms. The largest absolute Gasteiger partial charge is 0.382 e. The van der Waals surface area contributed by atoms with Gasteiger partial charge in [-0.15, -0.1) is 0 Å². The van der Waals surface area contributed by atoms with Crippen LogP contribution >= 0.6 is 0 Å². The van der Waals surface area contributed by atoms with Crippen LogP contribution in [0.4, 0.5) is 5.82 Å². The van der Waals surface area contributed by atoms with E-state index < -0.39 is 0 Å². The van der Waals surface area contributed by atoms with E-state index in [1.54, 1.807) is 0 Å². The van der Waals surface area contributed by atoms with Gasteiger partial charge in [0.2, 0.25) is 0 Å². The minimum absolute atomic E-state index is 0.476. The lowest BCUT2D eigenvalue weighted by Gasteiger charge is -2.10. The summed E-state index contributed by atoms with van der Waals surface area (Å²) in [5.74, 6) is 0.613. The molecule has 0 unspecified atom stereocenters. The van der Waals surface area contributed by atoms with Crippen LogP contribution in [-0.2, 0) is 0 Å². The highest BCUT2D eigenvalue weighted by molar-refractivity contribution is 5.23. The van der Waals surface area contributed by atoms with Crippen LogP contribution in [0.1, 0.15) is 45.6 Å². The maximum Gasteiger partial charge on any atom is 0.145 e. The van der Waals surface area contributed by atoms with Crippen LogP contribution in [0, 0.1) is 0 Å². The molecule has 3 nitrogen and oxygen atoms in total. The van der Waals surface area contributed by atoms with Crippen LogP contribution in [0.15, 0.2) is 12.3 Å². The van der Waals surface area contributed by atoms with Crippen LogP contribution < -0.4 is 5.73 Å². The lowest BCUT2D eigenvalue weighted by atomic mass is 10.1. The fraction of sp³-hybridized carbons (Fsp3) is 0.700. The zero-order valence-corrected chi connectivity index (χ0v) is 8.53. The predicted molar refractivity (Wildman–Crippen MR) is 55.5 cm³/mol. The van der Waals surface area contributed by atoms with E-state index in [9.17, 15) is 0 Å². The average Bonchev–Trinajstić information content (AvgIpc) is 2.52. The molecule has 1 heterocycles. The number of nitrogens with two attached hydrogens (primary N) is 1. The number of nitrogens with zero attached hydrogens (tertiary/aromatic N) is 2. The molecule has 0 aliphatic rings. The highest BCUT2D eigenvalue weighted by atomic mass is 15.3. The number of unbranched alkanes of at least 4 members (excludes halogenated alkanes) is 2. The molecule has 0 aliphatic heterocycles. The van der Waals surface area contributed by atoms with Crippen molar-refractivity contribution < 1.29 is 0 Å². The maximum absolute atomic E-state index is 5.54. The van der Waals surface area contributed by atoms with Crippen LogP contribution in [0.5, 0.6) is 0 Å². The molecular weight excluding hydrogens is 162 g/mol. The molecule has 0 aliphatic carbocycles. The second-order valence-corrected chi connectivity index (χ2v) is 3.57. The van der Waals surface area contributed by atoms with Gasteiger partial charge in [0.1, 0.15) is 5.82 Å². The van der Waals surface area contributed by atoms with Crippen molar-refractivity contribution >= 4 is 5.82 Å². The fourth-order valence-corrected chi connectivity index (χ4v) is 1.42. The second-order valence-electron chi connectivity index (χ2n) is 3.57. The van der Waals surface area contributed by atoms with Gasteiger partial charge in [-0.25, -0.2) is 0 Å². The summed E-state index contributed by atoms with van der Waals surface area (Å²) in [5.41, 5.74) is 5.54. The highest BCUT2D eigenvalue weighted by Gasteiger charge is 2.04. The summed E-state index contributed by atoms with van der Waals surface area (Å²) < 4.78 is 1.95. The Kier molecular flexibility index (Phi) is 3.80. The normalized spacial score (nSPS) is 13.1. The first kappa shape index (κ1) is 10.1. The van der Waals surface area contributed by atoms with Gasteiger partial charge in [-0.2, -0.15) is 5.10 Å². The summed E-state index contributed by atoms with van der Waals surface area (Å²) in [6.45, 7) is 4.40. The summed E-state index contributed by atoms with van der Waals surface area (Å²) in [5, 5.41) is 4.18. The third-order valence-corrected chi connectivity index (χ3v) is 2.31. The molecular formula is C10H19N3. The van der Waals surface area contributed by atoms with E-state index in [1.165, 1.54) is 25.7 Å². The Hall–Kier alpha value is -0.990. The minimum atomic E-state index is 0.476. The molecule has 2 N–H and O–H groups in total. The predicted octanol–water partition coefficient (Wildman–Crippen LogP) is 2.61. The Bertz CT molecular complexity index is 242. The van der Waals surface area contributed by atoms with Gasteiger partial charge in [0.25, 0.3) is 0 Å². The lowest BCUT2D eigenvalue weighted by Crippen LogP contribution is -2.06. The summed E-state index contributed by atoms with van der Waals surface area (Å²) in [4.78, 5) is 0. The molecule has 0 fully saturated rings. The molecule has 0 amide bonds. The summed E-state index contributed by atoms with van der Waals surface area (Å²) in [7, 11) is 0. The average molecular weight is 181 g/mol. The van der Waals surface area contributed by atoms with Crippen molar-refractivity contribution in [2.24, 2.45) is 0 Å². The highest BCUT2D eigenvalue weighted by Crippen LogP contribution is 2.14. The molecule has 3 heteroatoms. The summed E-state index contributed by atoms with van der Waals surface area (Å²) in [6, 6.07) is 2.32. The first-order valence-electron chi connectivity index (χ1n) is 5.04. The quantitative estimate of drug-likeness (QED) is 0.709. The van der Waals surface area contributed by atoms with E-state index in [0.717, 1.165) is 0 Å². The Morgan fingerprint density at radius 1 is 1.54 bits per heavy atom. The number of rotatable bonds is 5. The van der Waals surface area contributed by atoms with Crippen molar-refractivity contribution in [1.29, 1.82) is 0 Å². The van der Waals surface area contributed by atoms with E-state index in [2.05, 4.69) is 18.9 Å². The standard InChI is InChI=1S/C10H19N3/c1-3-4-5-6-9(2)13-8-7-10(11)12-13/h7-9H,3-6H2,1-2H3,(H2,11,12)/t9-/m0/s1. The fourth-order valence-electron chi connectivity index (χ4n) is 1.42. The van der Waals surface area contributed by atoms with Crippen LogP contribution in [-0.4, -0.2) is 9.78 Å². The van der Waals surface area contributed by atoms with E-state index in [4.69, 9.17) is 5.73 Å². The minimum Gasteiger partial charge on any atom is -0.382 e. The maximum atomic E-state index is 5.54. The molecule has 0 bridgehead atoms. The third kappa shape index (κ3) is 3.09. The lowest BCUT2D eigenvalue weighted by molar-refractivity contribution is 0.440. The van der Waals surface area contributed by atoms with Crippen molar-refractivity contribution in [3.8, 4) is 0 Å². The number of aromatic nitrogens is 2. The molecule has 74 valence electrons. The molecule has 0 spiro atoms. The Morgan fingerprint density at radius 3 is 2.85 bits per heavy atom. The Balaban J connectivity index is 2.35. The first-order chi connectivity index (χ1) is 6.24. The zero-order chi connectivity index (χ0) is 9.68. The molecule has 0 saturated heterocycles. The molecule has 1 aromatic rings. The molecule has 0 radical (unpaired) electrons. The Labute approximate surface area is 79.9 Å². The summed E-state index contributed by atoms with van der Waals surface area (Å²) >= 11 is 0. The van der Waals surface area contributed by atoms with Crippen molar-refractivity contribution in [2.45, 2.75) is 45.6 Å². The first-order valence-corrected chi connectivity index (χ1v) is 5.04. The van der Waals surface area contributed by atoms with Gasteiger partial charge in [0.05, 0.1) is 0 Å². The summed E-state index contributed by atoms with van der Waals surface area (Å²) in [6.07, 6.45) is 6.99. The van der Waals surface area contributed by atoms with E-state index in [0.29, 0.717) is 11.9 Å². The van der Waals surface area contributed by atoms with Crippen molar-refractivity contribution in [1.82, 2.24) is 9.78 Å². The van der Waals surface area contributed by atoms with Crippen molar-refractivity contribution in [3.63, 3.8) is 0 Å². The van der Waals surface area contributed by atoms with Gasteiger partial charge in [-0.05, 0) is 19.4 Å². The van der Waals surface area contributed by atoms with Gasteiger partial charge in [-0.1, -0.05) is 26.2 Å². The third-order valence-electron chi connectivity index (χ3n) is 2.31. The topological polar surface area (TPSA) is 43.8 Å². The number of anilines is 1. The van der Waals surface area contributed by atoms with Gasteiger partial charge in [0, 0.05) is 12.2 Å². The number of hydrogen-bond acceptors (Lipinski definition) is 2. The van der Waals surface area contributed by atoms with Crippen LogP contribution in [0.2, 0.25) is 0 Å². The van der Waals surface area contributed by atoms with Crippen molar-refractivity contribution in [3.05, 3.63) is 12.3 Å². The van der Waals surface area contributed by atoms with Gasteiger partial charge in [0.15, 0.2) is 0 Å². The number of hydrogen-bond donors (Lipinski definition) is 1. The molecule has 0 saturated carbocycles. The molecule has 1 aromatic heterocycles. The monoisotopic (exact) mass is 181 g/mol. The van der Waals surface area contributed by atoms with E-state index in [-0.39, 0.29) is 0 Å². The molecule has 0 aromatic carbocycles. The molecule has 1 atom stereocenters. The van der Waals surface area contributed by atoms with Gasteiger partial charge in [-0.3, -0.25) is 4.68 Å². The van der Waals surface area contributed by atoms with Crippen molar-refractivity contribution in [2.75, 3.05) is 5.73 Å². The number of nitrogen functional groups attached to an aromatic ring is 1. The molecule has 1 rings (SSSR count).